The first-order valence-corrected chi connectivity index (χ1v) is 13.5. The van der Waals surface area contributed by atoms with Gasteiger partial charge < -0.3 is 13.9 Å². The number of rotatable bonds is 9. The van der Waals surface area contributed by atoms with Crippen molar-refractivity contribution in [3.8, 4) is 6.07 Å². The van der Waals surface area contributed by atoms with Crippen molar-refractivity contribution in [3.63, 3.8) is 0 Å². The zero-order valence-electron chi connectivity index (χ0n) is 19.0. The molecular formula is C22H37NO5Si. The SMILES string of the molecule is CCOC(=O)CC1CCC(C(C#N)/C=C/O[Si](C)(C)C(C)(C)C)C1C(=O)OCC. The van der Waals surface area contributed by atoms with E-state index in [-0.39, 0.29) is 41.8 Å². The van der Waals surface area contributed by atoms with E-state index in [9.17, 15) is 14.9 Å². The fourth-order valence-electron chi connectivity index (χ4n) is 3.54. The monoisotopic (exact) mass is 423 g/mol. The molecule has 0 N–H and O–H groups in total. The van der Waals surface area contributed by atoms with Crippen LogP contribution in [-0.2, 0) is 23.5 Å². The average Bonchev–Trinajstić information content (AvgIpc) is 3.01. The van der Waals surface area contributed by atoms with Crippen molar-refractivity contribution in [3.05, 3.63) is 12.3 Å². The molecular weight excluding hydrogens is 386 g/mol. The number of hydrogen-bond donors (Lipinski definition) is 0. The maximum Gasteiger partial charge on any atom is 0.309 e. The molecule has 0 aliphatic heterocycles. The van der Waals surface area contributed by atoms with Crippen LogP contribution in [0.15, 0.2) is 12.3 Å². The molecule has 29 heavy (non-hydrogen) atoms. The Morgan fingerprint density at radius 3 is 2.31 bits per heavy atom. The smallest absolute Gasteiger partial charge is 0.309 e. The van der Waals surface area contributed by atoms with E-state index < -0.39 is 20.2 Å². The van der Waals surface area contributed by atoms with Gasteiger partial charge in [0.1, 0.15) is 0 Å². The molecule has 0 saturated heterocycles. The highest BCUT2D eigenvalue weighted by Crippen LogP contribution is 2.44. The van der Waals surface area contributed by atoms with Gasteiger partial charge in [-0.1, -0.05) is 20.8 Å². The summed E-state index contributed by atoms with van der Waals surface area (Å²) in [5.41, 5.74) is 0. The zero-order chi connectivity index (χ0) is 22.2. The molecule has 4 atom stereocenters. The molecule has 1 fully saturated rings. The van der Waals surface area contributed by atoms with Crippen LogP contribution >= 0.6 is 0 Å². The highest BCUT2D eigenvalue weighted by atomic mass is 28.4. The molecule has 0 amide bonds. The van der Waals surface area contributed by atoms with E-state index in [0.29, 0.717) is 19.4 Å². The predicted molar refractivity (Wildman–Crippen MR) is 114 cm³/mol. The van der Waals surface area contributed by atoms with E-state index in [1.54, 1.807) is 26.2 Å². The van der Waals surface area contributed by atoms with Crippen molar-refractivity contribution in [2.75, 3.05) is 13.2 Å². The van der Waals surface area contributed by atoms with Crippen LogP contribution in [-0.4, -0.2) is 33.5 Å². The van der Waals surface area contributed by atoms with Gasteiger partial charge in [0, 0.05) is 6.42 Å². The molecule has 4 unspecified atom stereocenters. The van der Waals surface area contributed by atoms with E-state index in [0.717, 1.165) is 0 Å². The van der Waals surface area contributed by atoms with Gasteiger partial charge in [0.2, 0.25) is 8.32 Å². The Morgan fingerprint density at radius 2 is 1.79 bits per heavy atom. The third kappa shape index (κ3) is 6.88. The van der Waals surface area contributed by atoms with E-state index in [1.807, 2.05) is 0 Å². The summed E-state index contributed by atoms with van der Waals surface area (Å²) in [5.74, 6) is -1.95. The van der Waals surface area contributed by atoms with Crippen LogP contribution < -0.4 is 0 Å². The van der Waals surface area contributed by atoms with Gasteiger partial charge >= 0.3 is 11.9 Å². The second-order valence-electron chi connectivity index (χ2n) is 9.15. The van der Waals surface area contributed by atoms with Crippen molar-refractivity contribution >= 4 is 20.3 Å². The van der Waals surface area contributed by atoms with Crippen LogP contribution in [0, 0.1) is 35.0 Å². The topological polar surface area (TPSA) is 85.6 Å². The minimum Gasteiger partial charge on any atom is -0.549 e. The number of hydrogen-bond acceptors (Lipinski definition) is 6. The van der Waals surface area contributed by atoms with Gasteiger partial charge in [-0.05, 0) is 62.7 Å². The molecule has 1 saturated carbocycles. The van der Waals surface area contributed by atoms with Crippen molar-refractivity contribution in [2.45, 2.75) is 72.0 Å². The van der Waals surface area contributed by atoms with Crippen LogP contribution in [0.1, 0.15) is 53.9 Å². The van der Waals surface area contributed by atoms with Gasteiger partial charge in [0.15, 0.2) is 0 Å². The molecule has 6 nitrogen and oxygen atoms in total. The number of esters is 2. The van der Waals surface area contributed by atoms with Gasteiger partial charge in [0.25, 0.3) is 0 Å². The fraction of sp³-hybridized carbons (Fsp3) is 0.773. The number of nitriles is 1. The highest BCUT2D eigenvalue weighted by molar-refractivity contribution is 6.74. The second-order valence-corrected chi connectivity index (χ2v) is 13.9. The normalized spacial score (nSPS) is 23.4. The standard InChI is InChI=1S/C22H37NO5Si/c1-8-26-19(24)14-16-10-11-18(20(16)21(25)27-9-2)17(15-23)12-13-28-29(6,7)22(3,4)5/h12-13,16-18,20H,8-11,14H2,1-7H3/b13-12+. The molecule has 0 bridgehead atoms. The summed E-state index contributed by atoms with van der Waals surface area (Å²) in [5, 5.41) is 9.83. The molecule has 1 rings (SSSR count). The van der Waals surface area contributed by atoms with Crippen molar-refractivity contribution < 1.29 is 23.5 Å². The molecule has 0 heterocycles. The lowest BCUT2D eigenvalue weighted by Gasteiger charge is -2.35. The number of carbonyl (C=O) groups is 2. The molecule has 0 spiro atoms. The summed E-state index contributed by atoms with van der Waals surface area (Å²) in [7, 11) is -1.97. The van der Waals surface area contributed by atoms with Crippen molar-refractivity contribution in [2.24, 2.45) is 23.7 Å². The lowest BCUT2D eigenvalue weighted by atomic mass is 9.80. The lowest BCUT2D eigenvalue weighted by molar-refractivity contribution is -0.152. The van der Waals surface area contributed by atoms with E-state index >= 15 is 0 Å². The Labute approximate surface area is 176 Å². The fourth-order valence-corrected chi connectivity index (χ4v) is 4.31. The first kappa shape index (κ1) is 25.2. The first-order valence-electron chi connectivity index (χ1n) is 10.5. The Hall–Kier alpha value is -1.81. The van der Waals surface area contributed by atoms with Gasteiger partial charge in [-0.2, -0.15) is 5.26 Å². The van der Waals surface area contributed by atoms with E-state index in [4.69, 9.17) is 13.9 Å². The largest absolute Gasteiger partial charge is 0.549 e. The highest BCUT2D eigenvalue weighted by Gasteiger charge is 2.46. The average molecular weight is 424 g/mol. The number of nitrogens with zero attached hydrogens (tertiary/aromatic N) is 1. The third-order valence-electron chi connectivity index (χ3n) is 6.20. The maximum atomic E-state index is 12.7. The molecule has 0 aromatic rings. The summed E-state index contributed by atoms with van der Waals surface area (Å²) < 4.78 is 16.4. The number of carbonyl (C=O) groups excluding carboxylic acids is 2. The quantitative estimate of drug-likeness (QED) is 0.300. The molecule has 164 valence electrons. The maximum absolute atomic E-state index is 12.7. The van der Waals surface area contributed by atoms with Gasteiger partial charge in [-0.25, -0.2) is 0 Å². The van der Waals surface area contributed by atoms with Gasteiger partial charge in [0.05, 0.1) is 37.4 Å². The summed E-state index contributed by atoms with van der Waals surface area (Å²) in [6.45, 7) is 14.9. The Balaban J connectivity index is 2.98. The summed E-state index contributed by atoms with van der Waals surface area (Å²) >= 11 is 0. The van der Waals surface area contributed by atoms with Gasteiger partial charge in [-0.15, -0.1) is 0 Å². The summed E-state index contributed by atoms with van der Waals surface area (Å²) in [6, 6.07) is 2.32. The van der Waals surface area contributed by atoms with Crippen LogP contribution in [0.5, 0.6) is 0 Å². The van der Waals surface area contributed by atoms with Crippen molar-refractivity contribution in [1.29, 1.82) is 5.26 Å². The molecule has 1 aliphatic rings. The zero-order valence-corrected chi connectivity index (χ0v) is 20.0. The van der Waals surface area contributed by atoms with Crippen LogP contribution in [0.25, 0.3) is 0 Å². The van der Waals surface area contributed by atoms with Crippen LogP contribution in [0.4, 0.5) is 0 Å². The Bertz CT molecular complexity index is 632. The Kier molecular flexibility index (Phi) is 9.41. The first-order chi connectivity index (χ1) is 13.5. The Morgan fingerprint density at radius 1 is 1.17 bits per heavy atom. The minimum atomic E-state index is -1.97. The molecule has 1 aliphatic carbocycles. The second kappa shape index (κ2) is 10.8. The molecule has 0 radical (unpaired) electrons. The van der Waals surface area contributed by atoms with Crippen LogP contribution in [0.3, 0.4) is 0 Å². The van der Waals surface area contributed by atoms with E-state index in [2.05, 4.69) is 39.9 Å². The third-order valence-corrected chi connectivity index (χ3v) is 10.5. The number of allylic oxidation sites excluding steroid dienone is 1. The molecule has 7 heteroatoms. The predicted octanol–water partition coefficient (Wildman–Crippen LogP) is 4.82. The molecule has 0 aromatic heterocycles. The van der Waals surface area contributed by atoms with Crippen LogP contribution in [0.2, 0.25) is 18.1 Å². The van der Waals surface area contributed by atoms with E-state index in [1.165, 1.54) is 0 Å². The van der Waals surface area contributed by atoms with Gasteiger partial charge in [-0.3, -0.25) is 9.59 Å². The summed E-state index contributed by atoms with van der Waals surface area (Å²) in [6.07, 6.45) is 4.98. The molecule has 0 aromatic carbocycles. The lowest BCUT2D eigenvalue weighted by Crippen LogP contribution is -2.39. The summed E-state index contributed by atoms with van der Waals surface area (Å²) in [4.78, 5) is 24.6. The van der Waals surface area contributed by atoms with Crippen molar-refractivity contribution in [1.82, 2.24) is 0 Å². The number of ether oxygens (including phenoxy) is 2. The minimum absolute atomic E-state index is 0.0606.